The van der Waals surface area contributed by atoms with Crippen LogP contribution in [0, 0.1) is 11.8 Å². The third-order valence-corrected chi connectivity index (χ3v) is 4.26. The minimum absolute atomic E-state index is 0.257. The van der Waals surface area contributed by atoms with Gasteiger partial charge in [0.1, 0.15) is 5.75 Å². The Morgan fingerprint density at radius 2 is 1.82 bits per heavy atom. The highest BCUT2D eigenvalue weighted by molar-refractivity contribution is 5.95. The number of aliphatic carboxylic acids is 1. The number of rotatable bonds is 4. The number of methoxy groups -OCH3 is 1. The van der Waals surface area contributed by atoms with Crippen molar-refractivity contribution in [2.75, 3.05) is 12.4 Å². The monoisotopic (exact) mass is 303 g/mol. The molecule has 1 aliphatic rings. The number of carbonyl (C=O) groups excluding carboxylic acids is 1. The predicted octanol–water partition coefficient (Wildman–Crippen LogP) is 3.08. The number of nitrogens with one attached hydrogen (secondary N) is 1. The maximum absolute atomic E-state index is 12.5. The summed E-state index contributed by atoms with van der Waals surface area (Å²) in [5, 5.41) is 12.2. The summed E-state index contributed by atoms with van der Waals surface area (Å²) in [7, 11) is 1.56. The van der Waals surface area contributed by atoms with Crippen LogP contribution in [-0.2, 0) is 9.59 Å². The van der Waals surface area contributed by atoms with Gasteiger partial charge in [0.15, 0.2) is 0 Å². The molecular formula is C17H21NO4. The van der Waals surface area contributed by atoms with E-state index in [0.29, 0.717) is 24.3 Å². The first-order chi connectivity index (χ1) is 10.4. The first-order valence-electron chi connectivity index (χ1n) is 7.25. The van der Waals surface area contributed by atoms with Crippen molar-refractivity contribution in [3.8, 4) is 5.75 Å². The normalized spacial score (nSPS) is 21.4. The molecule has 0 bridgehead atoms. The molecular weight excluding hydrogens is 282 g/mol. The van der Waals surface area contributed by atoms with Gasteiger partial charge in [0.05, 0.1) is 18.9 Å². The van der Waals surface area contributed by atoms with E-state index >= 15 is 0 Å². The molecule has 0 aliphatic heterocycles. The largest absolute Gasteiger partial charge is 0.497 e. The fourth-order valence-electron chi connectivity index (χ4n) is 2.76. The van der Waals surface area contributed by atoms with Crippen molar-refractivity contribution in [1.29, 1.82) is 0 Å². The Morgan fingerprint density at radius 1 is 1.18 bits per heavy atom. The van der Waals surface area contributed by atoms with Crippen molar-refractivity contribution < 1.29 is 19.4 Å². The molecule has 118 valence electrons. The molecule has 5 heteroatoms. The molecule has 0 radical (unpaired) electrons. The van der Waals surface area contributed by atoms with Gasteiger partial charge < -0.3 is 15.2 Å². The molecule has 2 N–H and O–H groups in total. The van der Waals surface area contributed by atoms with Crippen molar-refractivity contribution in [1.82, 2.24) is 0 Å². The lowest BCUT2D eigenvalue weighted by molar-refractivity contribution is -0.146. The minimum atomic E-state index is -0.919. The third kappa shape index (κ3) is 3.47. The lowest BCUT2D eigenvalue weighted by Crippen LogP contribution is -2.36. The van der Waals surface area contributed by atoms with E-state index in [2.05, 4.69) is 5.32 Å². The van der Waals surface area contributed by atoms with Crippen molar-refractivity contribution >= 4 is 17.6 Å². The molecule has 0 spiro atoms. The number of carboxylic acids is 1. The van der Waals surface area contributed by atoms with E-state index in [9.17, 15) is 14.7 Å². The number of hydrogen-bond donors (Lipinski definition) is 2. The third-order valence-electron chi connectivity index (χ3n) is 4.26. The van der Waals surface area contributed by atoms with E-state index in [-0.39, 0.29) is 5.91 Å². The lowest BCUT2D eigenvalue weighted by Gasteiger charge is -2.29. The van der Waals surface area contributed by atoms with Crippen molar-refractivity contribution in [2.45, 2.75) is 26.7 Å². The Kier molecular flexibility index (Phi) is 4.85. The van der Waals surface area contributed by atoms with Crippen LogP contribution >= 0.6 is 0 Å². The van der Waals surface area contributed by atoms with E-state index in [1.165, 1.54) is 0 Å². The zero-order valence-electron chi connectivity index (χ0n) is 13.1. The molecule has 5 nitrogen and oxygen atoms in total. The second kappa shape index (κ2) is 6.64. The number of carbonyl (C=O) groups is 2. The highest BCUT2D eigenvalue weighted by atomic mass is 16.5. The number of carboxylic acid groups (broad SMARTS) is 1. The predicted molar refractivity (Wildman–Crippen MR) is 83.8 cm³/mol. The zero-order valence-corrected chi connectivity index (χ0v) is 13.1. The molecule has 1 aromatic carbocycles. The van der Waals surface area contributed by atoms with E-state index < -0.39 is 17.8 Å². The van der Waals surface area contributed by atoms with Gasteiger partial charge in [0, 0.05) is 11.8 Å². The summed E-state index contributed by atoms with van der Waals surface area (Å²) < 4.78 is 5.12. The quantitative estimate of drug-likeness (QED) is 0.838. The minimum Gasteiger partial charge on any atom is -0.497 e. The van der Waals surface area contributed by atoms with Crippen LogP contribution in [0.15, 0.2) is 35.4 Å². The molecule has 0 heterocycles. The van der Waals surface area contributed by atoms with Crippen LogP contribution in [-0.4, -0.2) is 24.1 Å². The topological polar surface area (TPSA) is 75.6 Å². The number of amides is 1. The molecule has 22 heavy (non-hydrogen) atoms. The van der Waals surface area contributed by atoms with E-state index in [0.717, 1.165) is 11.1 Å². The maximum Gasteiger partial charge on any atom is 0.307 e. The first kappa shape index (κ1) is 16.1. The first-order valence-corrected chi connectivity index (χ1v) is 7.25. The van der Waals surface area contributed by atoms with Crippen LogP contribution in [0.3, 0.4) is 0 Å². The molecule has 1 aliphatic carbocycles. The van der Waals surface area contributed by atoms with Crippen LogP contribution in [0.4, 0.5) is 5.69 Å². The molecule has 0 aromatic heterocycles. The van der Waals surface area contributed by atoms with Gasteiger partial charge in [-0.1, -0.05) is 17.2 Å². The molecule has 0 saturated carbocycles. The molecule has 1 amide bonds. The average molecular weight is 303 g/mol. The number of anilines is 1. The Hall–Kier alpha value is -2.30. The van der Waals surface area contributed by atoms with Crippen molar-refractivity contribution in [3.05, 3.63) is 35.4 Å². The van der Waals surface area contributed by atoms with E-state index in [1.807, 2.05) is 13.8 Å². The summed E-state index contributed by atoms with van der Waals surface area (Å²) in [5.41, 5.74) is 2.78. The van der Waals surface area contributed by atoms with E-state index in [4.69, 9.17) is 4.74 Å². The van der Waals surface area contributed by atoms with Gasteiger partial charge >= 0.3 is 5.97 Å². The zero-order chi connectivity index (χ0) is 16.3. The van der Waals surface area contributed by atoms with Gasteiger partial charge in [-0.25, -0.2) is 0 Å². The average Bonchev–Trinajstić information content (AvgIpc) is 2.49. The van der Waals surface area contributed by atoms with Gasteiger partial charge in [-0.2, -0.15) is 0 Å². The standard InChI is InChI=1S/C17H21NO4/c1-10-7-14(15(17(20)21)8-11(10)2)16(19)18-12-5-4-6-13(9-12)22-3/h4-6,9,14-15H,7-8H2,1-3H3,(H,18,19)(H,20,21). The summed E-state index contributed by atoms with van der Waals surface area (Å²) in [6.45, 7) is 3.89. The number of benzene rings is 1. The van der Waals surface area contributed by atoms with Crippen molar-refractivity contribution in [2.24, 2.45) is 11.8 Å². The Balaban J connectivity index is 2.18. The SMILES string of the molecule is COc1cccc(NC(=O)C2CC(C)=C(C)CC2C(=O)O)c1. The summed E-state index contributed by atoms with van der Waals surface area (Å²) in [5.74, 6) is -1.75. The smallest absolute Gasteiger partial charge is 0.307 e. The molecule has 0 saturated heterocycles. The maximum atomic E-state index is 12.5. The second-order valence-electron chi connectivity index (χ2n) is 5.74. The summed E-state index contributed by atoms with van der Waals surface area (Å²) in [4.78, 5) is 23.9. The van der Waals surface area contributed by atoms with E-state index in [1.54, 1.807) is 31.4 Å². The molecule has 2 atom stereocenters. The summed E-state index contributed by atoms with van der Waals surface area (Å²) >= 11 is 0. The highest BCUT2D eigenvalue weighted by Gasteiger charge is 2.37. The highest BCUT2D eigenvalue weighted by Crippen LogP contribution is 2.35. The van der Waals surface area contributed by atoms with Gasteiger partial charge in [0.2, 0.25) is 5.91 Å². The van der Waals surface area contributed by atoms with Crippen LogP contribution in [0.2, 0.25) is 0 Å². The van der Waals surface area contributed by atoms with Crippen LogP contribution < -0.4 is 10.1 Å². The number of hydrogen-bond acceptors (Lipinski definition) is 3. The Labute approximate surface area is 130 Å². The van der Waals surface area contributed by atoms with Gasteiger partial charge in [-0.3, -0.25) is 9.59 Å². The second-order valence-corrected chi connectivity index (χ2v) is 5.74. The van der Waals surface area contributed by atoms with Gasteiger partial charge in [0.25, 0.3) is 0 Å². The molecule has 2 rings (SSSR count). The Morgan fingerprint density at radius 3 is 2.41 bits per heavy atom. The Bertz CT molecular complexity index is 621. The van der Waals surface area contributed by atoms with Crippen LogP contribution in [0.25, 0.3) is 0 Å². The van der Waals surface area contributed by atoms with Crippen LogP contribution in [0.5, 0.6) is 5.75 Å². The molecule has 0 fully saturated rings. The fraction of sp³-hybridized carbons (Fsp3) is 0.412. The fourth-order valence-corrected chi connectivity index (χ4v) is 2.76. The van der Waals surface area contributed by atoms with Crippen molar-refractivity contribution in [3.63, 3.8) is 0 Å². The molecule has 1 aromatic rings. The lowest BCUT2D eigenvalue weighted by atomic mass is 9.76. The van der Waals surface area contributed by atoms with Gasteiger partial charge in [-0.05, 0) is 38.8 Å². The number of ether oxygens (including phenoxy) is 1. The van der Waals surface area contributed by atoms with Gasteiger partial charge in [-0.15, -0.1) is 0 Å². The summed E-state index contributed by atoms with van der Waals surface area (Å²) in [6, 6.07) is 7.03. The van der Waals surface area contributed by atoms with Crippen LogP contribution in [0.1, 0.15) is 26.7 Å². The number of allylic oxidation sites excluding steroid dienone is 2. The summed E-state index contributed by atoms with van der Waals surface area (Å²) in [6.07, 6.45) is 0.913. The molecule has 2 unspecified atom stereocenters.